The Bertz CT molecular complexity index is 1120. The van der Waals surface area contributed by atoms with E-state index < -0.39 is 52.9 Å². The van der Waals surface area contributed by atoms with E-state index in [1.165, 1.54) is 6.47 Å². The molecule has 0 aromatic rings. The third-order valence-corrected chi connectivity index (χ3v) is 9.95. The van der Waals surface area contributed by atoms with Gasteiger partial charge in [0.15, 0.2) is 6.10 Å². The van der Waals surface area contributed by atoms with Crippen molar-refractivity contribution in [2.24, 2.45) is 0 Å². The highest BCUT2D eigenvalue weighted by Gasteiger charge is 2.57. The van der Waals surface area contributed by atoms with Crippen LogP contribution in [0.25, 0.3) is 0 Å². The third kappa shape index (κ3) is 9.69. The van der Waals surface area contributed by atoms with Crippen LogP contribution < -0.4 is 0 Å². The van der Waals surface area contributed by atoms with Gasteiger partial charge in [0.05, 0.1) is 19.8 Å². The van der Waals surface area contributed by atoms with Crippen molar-refractivity contribution in [2.75, 3.05) is 19.8 Å². The highest BCUT2D eigenvalue weighted by Crippen LogP contribution is 2.43. The molecule has 4 aliphatic rings. The van der Waals surface area contributed by atoms with Gasteiger partial charge in [-0.3, -0.25) is 4.79 Å². The van der Waals surface area contributed by atoms with Gasteiger partial charge in [0.2, 0.25) is 16.8 Å². The average molecular weight is 680 g/mol. The van der Waals surface area contributed by atoms with Crippen LogP contribution in [0, 0.1) is 0 Å². The van der Waals surface area contributed by atoms with Gasteiger partial charge in [-0.05, 0) is 96.3 Å². The van der Waals surface area contributed by atoms with Crippen molar-refractivity contribution in [1.29, 1.82) is 0 Å². The Morgan fingerprint density at radius 2 is 1.27 bits per heavy atom. The first kappa shape index (κ1) is 37.6. The molecule has 0 bridgehead atoms. The predicted octanol–water partition coefficient (Wildman–Crippen LogP) is 4.63. The van der Waals surface area contributed by atoms with Crippen molar-refractivity contribution >= 4 is 36.3 Å². The number of carbonyl (C=O) groups is 5. The summed E-state index contributed by atoms with van der Waals surface area (Å²) in [6.07, 6.45) is 8.40. The Morgan fingerprint density at radius 3 is 1.88 bits per heavy atom. The summed E-state index contributed by atoms with van der Waals surface area (Å²) in [5.41, 5.74) is -4.64. The van der Waals surface area contributed by atoms with E-state index in [0.717, 1.165) is 19.3 Å². The molecule has 4 rings (SSSR count). The monoisotopic (exact) mass is 679 g/mol. The molecule has 0 N–H and O–H groups in total. The molecule has 2 unspecified atom stereocenters. The second-order valence-corrected chi connectivity index (χ2v) is 13.5. The summed E-state index contributed by atoms with van der Waals surface area (Å²) in [4.78, 5) is 76.6. The van der Waals surface area contributed by atoms with Gasteiger partial charge in [-0.15, -0.1) is 0 Å². The van der Waals surface area contributed by atoms with Crippen molar-refractivity contribution in [2.45, 2.75) is 164 Å². The average Bonchev–Trinajstić information content (AvgIpc) is 3.54. The largest absolute Gasteiger partial charge is 0.466 e. The molecule has 269 valence electrons. The van der Waals surface area contributed by atoms with Crippen molar-refractivity contribution in [3.63, 3.8) is 0 Å². The molecule has 1 radical (unpaired) electrons. The van der Waals surface area contributed by atoms with Crippen LogP contribution in [0.5, 0.6) is 0 Å². The summed E-state index contributed by atoms with van der Waals surface area (Å²) in [5, 5.41) is 0. The van der Waals surface area contributed by atoms with Gasteiger partial charge in [-0.25, -0.2) is 24.0 Å². The van der Waals surface area contributed by atoms with Crippen LogP contribution in [0.15, 0.2) is 0 Å². The number of esters is 5. The fourth-order valence-electron chi connectivity index (χ4n) is 6.76. The Balaban J connectivity index is 1.33. The summed E-state index contributed by atoms with van der Waals surface area (Å²) >= 11 is 0. The Hall–Kier alpha value is -3.22. The summed E-state index contributed by atoms with van der Waals surface area (Å²) in [7, 11) is 0. The Labute approximate surface area is 282 Å². The molecular formula is C35H51O13. The minimum absolute atomic E-state index is 0.0847. The summed E-state index contributed by atoms with van der Waals surface area (Å²) in [6.45, 7) is 4.16. The van der Waals surface area contributed by atoms with Crippen LogP contribution >= 0.6 is 0 Å². The van der Waals surface area contributed by atoms with Gasteiger partial charge in [0, 0.05) is 19.3 Å². The molecule has 0 amide bonds. The van der Waals surface area contributed by atoms with E-state index in [1.54, 1.807) is 0 Å². The zero-order valence-electron chi connectivity index (χ0n) is 28.2. The molecule has 1 heterocycles. The predicted molar refractivity (Wildman–Crippen MR) is 167 cm³/mol. The number of carbonyl (C=O) groups excluding carboxylic acids is 6. The van der Waals surface area contributed by atoms with E-state index in [-0.39, 0.29) is 51.3 Å². The SMILES string of the molecule is CCCCOC(=O)CCCCCOC(=O)C1(OC(=O)C2(OC(=O)C3(OC(=O)C4CC(O[C]=O)CCO4)CCCCC3)CCCC2)CCC1. The number of ether oxygens (including phenoxy) is 7. The fourth-order valence-corrected chi connectivity index (χ4v) is 6.76. The first-order valence-electron chi connectivity index (χ1n) is 17.8. The number of rotatable bonds is 18. The van der Waals surface area contributed by atoms with Crippen molar-refractivity contribution in [1.82, 2.24) is 0 Å². The van der Waals surface area contributed by atoms with E-state index in [9.17, 15) is 28.8 Å². The zero-order valence-corrected chi connectivity index (χ0v) is 28.2. The van der Waals surface area contributed by atoms with E-state index >= 15 is 0 Å². The first-order chi connectivity index (χ1) is 23.2. The molecule has 13 nitrogen and oxygen atoms in total. The maximum atomic E-state index is 13.9. The van der Waals surface area contributed by atoms with Crippen LogP contribution in [0.4, 0.5) is 0 Å². The quantitative estimate of drug-likeness (QED) is 0.112. The first-order valence-corrected chi connectivity index (χ1v) is 17.8. The van der Waals surface area contributed by atoms with Crippen molar-refractivity contribution in [3.8, 4) is 0 Å². The maximum Gasteiger partial charge on any atom is 0.417 e. The molecule has 13 heteroatoms. The lowest BCUT2D eigenvalue weighted by molar-refractivity contribution is -0.219. The van der Waals surface area contributed by atoms with Crippen LogP contribution in [0.2, 0.25) is 0 Å². The van der Waals surface area contributed by atoms with Crippen LogP contribution in [-0.2, 0) is 61.9 Å². The van der Waals surface area contributed by atoms with Crippen molar-refractivity contribution in [3.05, 3.63) is 0 Å². The maximum absolute atomic E-state index is 13.9. The molecule has 3 aliphatic carbocycles. The zero-order chi connectivity index (χ0) is 34.5. The molecule has 1 saturated heterocycles. The minimum atomic E-state index is -1.61. The smallest absolute Gasteiger partial charge is 0.417 e. The lowest BCUT2D eigenvalue weighted by atomic mass is 9.79. The van der Waals surface area contributed by atoms with Gasteiger partial charge in [-0.2, -0.15) is 0 Å². The van der Waals surface area contributed by atoms with Crippen molar-refractivity contribution < 1.29 is 61.9 Å². The minimum Gasteiger partial charge on any atom is -0.466 e. The van der Waals surface area contributed by atoms with E-state index in [1.807, 2.05) is 6.92 Å². The summed E-state index contributed by atoms with van der Waals surface area (Å²) in [5.74, 6) is -3.20. The number of hydrogen-bond donors (Lipinski definition) is 0. The topological polar surface area (TPSA) is 167 Å². The molecular weight excluding hydrogens is 628 g/mol. The van der Waals surface area contributed by atoms with E-state index in [2.05, 4.69) is 0 Å². The lowest BCUT2D eigenvalue weighted by Crippen LogP contribution is -2.57. The van der Waals surface area contributed by atoms with Gasteiger partial charge < -0.3 is 33.2 Å². The molecule has 2 atom stereocenters. The van der Waals surface area contributed by atoms with E-state index in [4.69, 9.17) is 33.2 Å². The van der Waals surface area contributed by atoms with Gasteiger partial charge in [0.25, 0.3) is 0 Å². The second kappa shape index (κ2) is 18.0. The summed E-state index contributed by atoms with van der Waals surface area (Å²) < 4.78 is 38.9. The molecule has 0 aromatic heterocycles. The third-order valence-electron chi connectivity index (χ3n) is 9.95. The fraction of sp³-hybridized carbons (Fsp3) is 0.829. The van der Waals surface area contributed by atoms with Crippen LogP contribution in [-0.4, -0.2) is 85.2 Å². The summed E-state index contributed by atoms with van der Waals surface area (Å²) in [6, 6.07) is 0. The van der Waals surface area contributed by atoms with Crippen LogP contribution in [0.1, 0.15) is 135 Å². The lowest BCUT2D eigenvalue weighted by Gasteiger charge is -2.42. The van der Waals surface area contributed by atoms with Crippen LogP contribution in [0.3, 0.4) is 0 Å². The van der Waals surface area contributed by atoms with Gasteiger partial charge in [-0.1, -0.05) is 19.8 Å². The molecule has 1 aliphatic heterocycles. The van der Waals surface area contributed by atoms with Gasteiger partial charge in [0.1, 0.15) is 6.10 Å². The van der Waals surface area contributed by atoms with E-state index in [0.29, 0.717) is 83.7 Å². The highest BCUT2D eigenvalue weighted by atomic mass is 16.7. The second-order valence-electron chi connectivity index (χ2n) is 13.5. The molecule has 48 heavy (non-hydrogen) atoms. The van der Waals surface area contributed by atoms with Gasteiger partial charge >= 0.3 is 36.3 Å². The standard InChI is InChI=1S/C35H51O13/c1-2-3-21-43-28(37)13-6-4-11-22-44-30(39)33(19-12-20-33)47-32(41)35(17-9-10-18-35)48-31(40)34(15-7-5-8-16-34)46-29(38)27-24-26(45-25-36)14-23-42-27/h26-27H,2-24H2,1H3. The molecule has 3 saturated carbocycles. The molecule has 0 spiro atoms. The normalized spacial score (nSPS) is 23.9. The number of unbranched alkanes of at least 4 members (excludes halogenated alkanes) is 3. The molecule has 4 fully saturated rings. The Kier molecular flexibility index (Phi) is 14.1. The highest BCUT2D eigenvalue weighted by molar-refractivity contribution is 5.91. The Morgan fingerprint density at radius 1 is 0.688 bits per heavy atom. The molecule has 0 aromatic carbocycles. The number of hydrogen-bond acceptors (Lipinski definition) is 13.